The normalized spacial score (nSPS) is 10.8. The Hall–Kier alpha value is 0.160. The van der Waals surface area contributed by atoms with Gasteiger partial charge in [-0.05, 0) is 11.6 Å². The molecule has 0 bridgehead atoms. The molecule has 0 unspecified atom stereocenters. The molecule has 0 fully saturated rings. The Labute approximate surface area is 94.6 Å². The highest BCUT2D eigenvalue weighted by Gasteiger charge is 2.38. The summed E-state index contributed by atoms with van der Waals surface area (Å²) in [6.45, 7) is 0. The number of rotatable bonds is 3. The van der Waals surface area contributed by atoms with Crippen LogP contribution in [0.2, 0.25) is 0 Å². The molecule has 0 heterocycles. The van der Waals surface area contributed by atoms with E-state index < -0.39 is 15.0 Å². The first-order chi connectivity index (χ1) is 5.81. The van der Waals surface area contributed by atoms with E-state index in [-0.39, 0.29) is 0 Å². The van der Waals surface area contributed by atoms with Crippen molar-refractivity contribution in [3.05, 3.63) is 0 Å². The monoisotopic (exact) mass is 265 g/mol. The summed E-state index contributed by atoms with van der Waals surface area (Å²) in [5.74, 6) is -0.870. The van der Waals surface area contributed by atoms with Crippen LogP contribution in [0.4, 0.5) is 4.79 Å². The molecule has 0 N–H and O–H groups in total. The number of alkyl halides is 2. The maximum Gasteiger partial charge on any atom is 0.354 e. The number of esters is 1. The fourth-order valence-electron chi connectivity index (χ4n) is 0.364. The number of amides is 1. The van der Waals surface area contributed by atoms with E-state index in [4.69, 9.17) is 34.8 Å². The fourth-order valence-corrected chi connectivity index (χ4v) is 1.82. The average molecular weight is 267 g/mol. The van der Waals surface area contributed by atoms with E-state index in [2.05, 4.69) is 4.74 Å². The second-order valence-corrected chi connectivity index (χ2v) is 5.29. The Morgan fingerprint density at radius 2 is 1.92 bits per heavy atom. The lowest BCUT2D eigenvalue weighted by Gasteiger charge is -2.20. The van der Waals surface area contributed by atoms with Crippen LogP contribution in [0.3, 0.4) is 0 Å². The third-order valence-corrected chi connectivity index (χ3v) is 2.83. The summed E-state index contributed by atoms with van der Waals surface area (Å²) in [7, 11) is 2.45. The van der Waals surface area contributed by atoms with Crippen molar-refractivity contribution in [2.75, 3.05) is 14.2 Å². The highest BCUT2D eigenvalue weighted by atomic mass is 35.5. The van der Waals surface area contributed by atoms with Crippen molar-refractivity contribution in [3.8, 4) is 0 Å². The number of halogens is 3. The molecule has 0 saturated heterocycles. The fraction of sp³-hybridized carbons (Fsp3) is 0.600. The Kier molecular flexibility index (Phi) is 5.21. The van der Waals surface area contributed by atoms with Crippen molar-refractivity contribution < 1.29 is 14.3 Å². The quantitative estimate of drug-likeness (QED) is 0.258. The molecule has 76 valence electrons. The number of hydrogen-bond acceptors (Lipinski definition) is 4. The summed E-state index contributed by atoms with van der Waals surface area (Å²) >= 11 is 16.7. The smallest absolute Gasteiger partial charge is 0.354 e. The molecule has 0 spiro atoms. The van der Waals surface area contributed by atoms with Gasteiger partial charge < -0.3 is 4.74 Å². The molecule has 0 saturated carbocycles. The van der Waals surface area contributed by atoms with Gasteiger partial charge in [0.05, 0.1) is 7.11 Å². The maximum atomic E-state index is 10.9. The van der Waals surface area contributed by atoms with Gasteiger partial charge in [0.2, 0.25) is 0 Å². The highest BCUT2D eigenvalue weighted by molar-refractivity contribution is 8.02. The SMILES string of the molecule is COC(=O)C(Cl)(Cl)SN(C)C(=O)Cl. The number of ether oxygens (including phenoxy) is 1. The summed E-state index contributed by atoms with van der Waals surface area (Å²) in [5, 5.41) is -0.792. The van der Waals surface area contributed by atoms with E-state index in [0.717, 1.165) is 11.4 Å². The average Bonchev–Trinajstić information content (AvgIpc) is 2.01. The first kappa shape index (κ1) is 13.2. The van der Waals surface area contributed by atoms with Gasteiger partial charge in [-0.15, -0.1) is 0 Å². The van der Waals surface area contributed by atoms with Gasteiger partial charge >= 0.3 is 11.3 Å². The molecule has 0 aliphatic carbocycles. The first-order valence-corrected chi connectivity index (χ1v) is 4.80. The summed E-state index contributed by atoms with van der Waals surface area (Å²) in [4.78, 5) is 21.4. The van der Waals surface area contributed by atoms with Crippen molar-refractivity contribution in [1.29, 1.82) is 0 Å². The zero-order valence-corrected chi connectivity index (χ0v) is 9.80. The van der Waals surface area contributed by atoms with Crippen molar-refractivity contribution in [3.63, 3.8) is 0 Å². The molecule has 0 aromatic rings. The van der Waals surface area contributed by atoms with Gasteiger partial charge in [-0.1, -0.05) is 23.2 Å². The summed E-state index contributed by atoms with van der Waals surface area (Å²) < 4.78 is 3.34. The Balaban J connectivity index is 4.32. The molecule has 4 nitrogen and oxygen atoms in total. The Morgan fingerprint density at radius 1 is 1.46 bits per heavy atom. The van der Waals surface area contributed by atoms with Gasteiger partial charge in [-0.3, -0.25) is 9.10 Å². The molecule has 13 heavy (non-hydrogen) atoms. The van der Waals surface area contributed by atoms with Crippen molar-refractivity contribution in [1.82, 2.24) is 4.31 Å². The molecule has 0 aliphatic heterocycles. The lowest BCUT2D eigenvalue weighted by Crippen LogP contribution is -2.29. The number of hydrogen-bond donors (Lipinski definition) is 0. The topological polar surface area (TPSA) is 46.6 Å². The van der Waals surface area contributed by atoms with Crippen LogP contribution in [0.25, 0.3) is 0 Å². The summed E-state index contributed by atoms with van der Waals surface area (Å²) in [6.07, 6.45) is 0. The van der Waals surface area contributed by atoms with Crippen LogP contribution in [0.15, 0.2) is 0 Å². The molecular formula is C5H6Cl3NO3S. The van der Waals surface area contributed by atoms with Crippen LogP contribution in [0.1, 0.15) is 0 Å². The zero-order chi connectivity index (χ0) is 10.6. The minimum atomic E-state index is -1.87. The molecule has 0 rings (SSSR count). The van der Waals surface area contributed by atoms with Crippen LogP contribution in [0, 0.1) is 0 Å². The standard InChI is InChI=1S/C5H6Cl3NO3S/c1-9(4(6)11)13-5(7,8)3(10)12-2/h1-2H3. The summed E-state index contributed by atoms with van der Waals surface area (Å²) in [6, 6.07) is 0. The second-order valence-electron chi connectivity index (χ2n) is 1.85. The van der Waals surface area contributed by atoms with E-state index in [1.54, 1.807) is 0 Å². The van der Waals surface area contributed by atoms with Crippen molar-refractivity contribution >= 4 is 58.1 Å². The van der Waals surface area contributed by atoms with E-state index in [1.807, 2.05) is 0 Å². The van der Waals surface area contributed by atoms with E-state index >= 15 is 0 Å². The first-order valence-electron chi connectivity index (χ1n) is 2.90. The molecule has 0 aromatic carbocycles. The lowest BCUT2D eigenvalue weighted by molar-refractivity contribution is -0.139. The van der Waals surface area contributed by atoms with Crippen molar-refractivity contribution in [2.24, 2.45) is 0 Å². The molecular weight excluding hydrogens is 260 g/mol. The molecule has 8 heteroatoms. The van der Waals surface area contributed by atoms with Gasteiger partial charge in [-0.25, -0.2) is 4.79 Å². The highest BCUT2D eigenvalue weighted by Crippen LogP contribution is 2.37. The molecule has 0 radical (unpaired) electrons. The van der Waals surface area contributed by atoms with Crippen LogP contribution in [-0.4, -0.2) is 33.5 Å². The van der Waals surface area contributed by atoms with E-state index in [1.165, 1.54) is 7.05 Å². The predicted molar refractivity (Wildman–Crippen MR) is 53.1 cm³/mol. The van der Waals surface area contributed by atoms with Gasteiger partial charge in [0.25, 0.3) is 3.67 Å². The lowest BCUT2D eigenvalue weighted by atomic mass is 10.8. The third-order valence-electron chi connectivity index (χ3n) is 0.922. The van der Waals surface area contributed by atoms with Crippen LogP contribution in [0.5, 0.6) is 0 Å². The number of methoxy groups -OCH3 is 1. The van der Waals surface area contributed by atoms with Crippen LogP contribution in [-0.2, 0) is 9.53 Å². The molecule has 0 aromatic heterocycles. The zero-order valence-electron chi connectivity index (χ0n) is 6.71. The Bertz CT molecular complexity index is 223. The van der Waals surface area contributed by atoms with E-state index in [9.17, 15) is 9.59 Å². The predicted octanol–water partition coefficient (Wildman–Crippen LogP) is 2.23. The summed E-state index contributed by atoms with van der Waals surface area (Å²) in [5.41, 5.74) is 0. The number of carbonyl (C=O) groups excluding carboxylic acids is 2. The second kappa shape index (κ2) is 5.14. The van der Waals surface area contributed by atoms with Gasteiger partial charge in [-0.2, -0.15) is 0 Å². The van der Waals surface area contributed by atoms with E-state index in [0.29, 0.717) is 11.9 Å². The molecule has 0 atom stereocenters. The van der Waals surface area contributed by atoms with Crippen molar-refractivity contribution in [2.45, 2.75) is 3.67 Å². The number of nitrogens with zero attached hydrogens (tertiary/aromatic N) is 1. The Morgan fingerprint density at radius 3 is 2.23 bits per heavy atom. The van der Waals surface area contributed by atoms with Gasteiger partial charge in [0.1, 0.15) is 0 Å². The van der Waals surface area contributed by atoms with Crippen LogP contribution < -0.4 is 0 Å². The van der Waals surface area contributed by atoms with Gasteiger partial charge in [0, 0.05) is 19.0 Å². The van der Waals surface area contributed by atoms with Crippen LogP contribution >= 0.6 is 46.8 Å². The minimum Gasteiger partial charge on any atom is -0.466 e. The largest absolute Gasteiger partial charge is 0.466 e. The minimum absolute atomic E-state index is 0.551. The third kappa shape index (κ3) is 4.26. The molecule has 0 aliphatic rings. The van der Waals surface area contributed by atoms with Gasteiger partial charge in [0.15, 0.2) is 0 Å². The molecule has 1 amide bonds. The number of carbonyl (C=O) groups is 2. The maximum absolute atomic E-state index is 10.9.